The number of carbonyl (C=O) groups excluding carboxylic acids is 2. The van der Waals surface area contributed by atoms with Crippen LogP contribution in [0.5, 0.6) is 0 Å². The van der Waals surface area contributed by atoms with Crippen molar-refractivity contribution in [3.63, 3.8) is 0 Å². The van der Waals surface area contributed by atoms with Crippen LogP contribution in [-0.2, 0) is 9.59 Å². The summed E-state index contributed by atoms with van der Waals surface area (Å²) in [6.45, 7) is 0.0669. The van der Waals surface area contributed by atoms with Gasteiger partial charge in [-0.15, -0.1) is 23.1 Å². The van der Waals surface area contributed by atoms with Crippen molar-refractivity contribution < 1.29 is 9.59 Å². The van der Waals surface area contributed by atoms with Crippen LogP contribution in [0.2, 0.25) is 0 Å². The summed E-state index contributed by atoms with van der Waals surface area (Å²) in [7, 11) is 0. The molecule has 0 saturated carbocycles. The van der Waals surface area contributed by atoms with Crippen molar-refractivity contribution in [1.29, 1.82) is 0 Å². The standard InChI is InChI=1S/C18H14BrN3O2S3/c19-12-5-3-4-11(8-12)17-22(15(23)10-25-17)20-9-16(24)27-18-21-13-6-1-2-7-14(13)26-18/h1-8,17,20H,9-10H2. The SMILES string of the molecule is O=C(CNN1C(=O)CSC1c1cccc(Br)c1)Sc1nc2ccccc2s1. The summed E-state index contributed by atoms with van der Waals surface area (Å²) in [6.07, 6.45) is 0. The van der Waals surface area contributed by atoms with Gasteiger partial charge in [-0.2, -0.15) is 0 Å². The fourth-order valence-corrected chi connectivity index (χ4v) is 6.10. The molecule has 1 aliphatic heterocycles. The van der Waals surface area contributed by atoms with Crippen LogP contribution < -0.4 is 5.43 Å². The van der Waals surface area contributed by atoms with E-state index >= 15 is 0 Å². The smallest absolute Gasteiger partial charge is 0.248 e. The van der Waals surface area contributed by atoms with Gasteiger partial charge in [0.25, 0.3) is 0 Å². The molecule has 1 fully saturated rings. The average Bonchev–Trinajstić information content (AvgIpc) is 3.22. The molecule has 1 aliphatic rings. The van der Waals surface area contributed by atoms with Gasteiger partial charge in [0, 0.05) is 4.47 Å². The minimum atomic E-state index is -0.143. The molecule has 9 heteroatoms. The van der Waals surface area contributed by atoms with E-state index in [0.717, 1.165) is 32.0 Å². The van der Waals surface area contributed by atoms with Crippen LogP contribution in [-0.4, -0.2) is 33.3 Å². The van der Waals surface area contributed by atoms with E-state index in [4.69, 9.17) is 0 Å². The van der Waals surface area contributed by atoms with Crippen LogP contribution in [0.4, 0.5) is 0 Å². The van der Waals surface area contributed by atoms with Gasteiger partial charge in [-0.05, 0) is 41.6 Å². The first-order chi connectivity index (χ1) is 13.1. The van der Waals surface area contributed by atoms with E-state index in [-0.39, 0.29) is 22.9 Å². The first kappa shape index (κ1) is 18.9. The number of amides is 1. The zero-order valence-electron chi connectivity index (χ0n) is 13.9. The molecule has 27 heavy (non-hydrogen) atoms. The number of hydrogen-bond acceptors (Lipinski definition) is 7. The number of halogens is 1. The number of para-hydroxylation sites is 1. The Hall–Kier alpha value is -1.39. The number of hydrogen-bond donors (Lipinski definition) is 1. The Morgan fingerprint density at radius 3 is 2.96 bits per heavy atom. The van der Waals surface area contributed by atoms with Crippen molar-refractivity contribution in [3.05, 3.63) is 58.6 Å². The minimum absolute atomic E-state index is 0.0252. The minimum Gasteiger partial charge on any atom is -0.285 e. The molecule has 0 radical (unpaired) electrons. The van der Waals surface area contributed by atoms with Crippen molar-refractivity contribution in [2.45, 2.75) is 9.71 Å². The van der Waals surface area contributed by atoms with E-state index in [1.807, 2.05) is 48.5 Å². The Morgan fingerprint density at radius 2 is 2.15 bits per heavy atom. The molecule has 2 heterocycles. The molecule has 2 aromatic carbocycles. The second-order valence-electron chi connectivity index (χ2n) is 5.74. The summed E-state index contributed by atoms with van der Waals surface area (Å²) in [4.78, 5) is 29.1. The third kappa shape index (κ3) is 4.38. The number of rotatable bonds is 5. The molecular formula is C18H14BrN3O2S3. The first-order valence-electron chi connectivity index (χ1n) is 8.09. The number of fused-ring (bicyclic) bond motifs is 1. The van der Waals surface area contributed by atoms with Crippen LogP contribution in [0.1, 0.15) is 10.9 Å². The largest absolute Gasteiger partial charge is 0.285 e. The second kappa shape index (κ2) is 8.32. The number of nitrogens with zero attached hydrogens (tertiary/aromatic N) is 2. The molecule has 1 amide bonds. The topological polar surface area (TPSA) is 62.3 Å². The van der Waals surface area contributed by atoms with Gasteiger partial charge < -0.3 is 0 Å². The lowest BCUT2D eigenvalue weighted by Crippen LogP contribution is -2.43. The van der Waals surface area contributed by atoms with E-state index in [1.165, 1.54) is 11.3 Å². The third-order valence-corrected chi connectivity index (χ3v) is 7.55. The van der Waals surface area contributed by atoms with Crippen LogP contribution in [0.3, 0.4) is 0 Å². The average molecular weight is 480 g/mol. The highest BCUT2D eigenvalue weighted by Gasteiger charge is 2.33. The predicted molar refractivity (Wildman–Crippen MR) is 115 cm³/mol. The molecule has 0 aliphatic carbocycles. The number of hydrazine groups is 1. The third-order valence-electron chi connectivity index (χ3n) is 3.87. The molecule has 4 rings (SSSR count). The van der Waals surface area contributed by atoms with Gasteiger partial charge in [-0.25, -0.2) is 10.4 Å². The highest BCUT2D eigenvalue weighted by molar-refractivity contribution is 9.10. The Bertz CT molecular complexity index is 977. The number of carbonyl (C=O) groups is 2. The molecule has 1 atom stereocenters. The zero-order chi connectivity index (χ0) is 18.8. The number of thiazole rings is 1. The monoisotopic (exact) mass is 479 g/mol. The second-order valence-corrected chi connectivity index (χ2v) is 10.1. The Labute approximate surface area is 177 Å². The molecule has 1 saturated heterocycles. The summed E-state index contributed by atoms with van der Waals surface area (Å²) in [5.74, 6) is 0.367. The fourth-order valence-electron chi connectivity index (χ4n) is 2.68. The molecule has 1 N–H and O–H groups in total. The van der Waals surface area contributed by atoms with Gasteiger partial charge >= 0.3 is 0 Å². The maximum absolute atomic E-state index is 12.4. The van der Waals surface area contributed by atoms with Gasteiger partial charge in [0.1, 0.15) is 5.37 Å². The van der Waals surface area contributed by atoms with Gasteiger partial charge in [-0.1, -0.05) is 40.2 Å². The molecule has 138 valence electrons. The van der Waals surface area contributed by atoms with Crippen molar-refractivity contribution in [2.75, 3.05) is 12.3 Å². The summed E-state index contributed by atoms with van der Waals surface area (Å²) in [6, 6.07) is 15.7. The van der Waals surface area contributed by atoms with E-state index in [2.05, 4.69) is 26.3 Å². The van der Waals surface area contributed by atoms with E-state index in [0.29, 0.717) is 10.1 Å². The molecule has 3 aromatic rings. The Morgan fingerprint density at radius 1 is 1.30 bits per heavy atom. The van der Waals surface area contributed by atoms with Crippen molar-refractivity contribution in [2.24, 2.45) is 0 Å². The van der Waals surface area contributed by atoms with Gasteiger partial charge in [0.05, 0.1) is 22.5 Å². The van der Waals surface area contributed by atoms with Crippen molar-refractivity contribution in [1.82, 2.24) is 15.4 Å². The first-order valence-corrected chi connectivity index (χ1v) is 11.6. The van der Waals surface area contributed by atoms with E-state index in [1.54, 1.807) is 16.8 Å². The molecule has 0 bridgehead atoms. The van der Waals surface area contributed by atoms with E-state index in [9.17, 15) is 9.59 Å². The molecule has 1 aromatic heterocycles. The maximum Gasteiger partial charge on any atom is 0.248 e. The van der Waals surface area contributed by atoms with Crippen LogP contribution in [0.15, 0.2) is 57.3 Å². The lowest BCUT2D eigenvalue weighted by molar-refractivity contribution is -0.131. The number of benzene rings is 2. The van der Waals surface area contributed by atoms with E-state index < -0.39 is 0 Å². The normalized spacial score (nSPS) is 17.0. The lowest BCUT2D eigenvalue weighted by atomic mass is 10.2. The summed E-state index contributed by atoms with van der Waals surface area (Å²) in [5.41, 5.74) is 4.92. The molecule has 1 unspecified atom stereocenters. The van der Waals surface area contributed by atoms with Gasteiger partial charge in [-0.3, -0.25) is 14.6 Å². The van der Waals surface area contributed by atoms with Crippen LogP contribution >= 0.6 is 50.8 Å². The quantitative estimate of drug-likeness (QED) is 0.545. The van der Waals surface area contributed by atoms with Crippen LogP contribution in [0.25, 0.3) is 10.2 Å². The highest BCUT2D eigenvalue weighted by Crippen LogP contribution is 2.38. The highest BCUT2D eigenvalue weighted by atomic mass is 79.9. The number of thioether (sulfide) groups is 2. The summed E-state index contributed by atoms with van der Waals surface area (Å²) in [5, 5.41) is 1.34. The maximum atomic E-state index is 12.4. The summed E-state index contributed by atoms with van der Waals surface area (Å²) >= 11 is 7.61. The van der Waals surface area contributed by atoms with Gasteiger partial charge in [0.2, 0.25) is 11.0 Å². The Balaban J connectivity index is 1.40. The number of nitrogens with one attached hydrogen (secondary N) is 1. The zero-order valence-corrected chi connectivity index (χ0v) is 18.0. The van der Waals surface area contributed by atoms with Crippen molar-refractivity contribution in [3.8, 4) is 0 Å². The molecular weight excluding hydrogens is 466 g/mol. The van der Waals surface area contributed by atoms with Gasteiger partial charge in [0.15, 0.2) is 4.34 Å². The lowest BCUT2D eigenvalue weighted by Gasteiger charge is -2.24. The predicted octanol–water partition coefficient (Wildman–Crippen LogP) is 4.46. The summed E-state index contributed by atoms with van der Waals surface area (Å²) < 4.78 is 2.73. The van der Waals surface area contributed by atoms with Crippen LogP contribution in [0, 0.1) is 0 Å². The molecule has 5 nitrogen and oxygen atoms in total. The Kier molecular flexibility index (Phi) is 5.84. The fraction of sp³-hybridized carbons (Fsp3) is 0.167. The number of aromatic nitrogens is 1. The van der Waals surface area contributed by atoms with Crippen molar-refractivity contribution >= 4 is 72.0 Å². The molecule has 0 spiro atoms.